The lowest BCUT2D eigenvalue weighted by atomic mass is 9.87. The van der Waals surface area contributed by atoms with Gasteiger partial charge in [0.1, 0.15) is 0 Å². The Morgan fingerprint density at radius 1 is 1.20 bits per heavy atom. The van der Waals surface area contributed by atoms with E-state index in [1.807, 2.05) is 6.07 Å². The van der Waals surface area contributed by atoms with Crippen molar-refractivity contribution in [2.45, 2.75) is 43.4 Å². The van der Waals surface area contributed by atoms with Gasteiger partial charge in [-0.2, -0.15) is 0 Å². The van der Waals surface area contributed by atoms with Gasteiger partial charge in [0.15, 0.2) is 0 Å². The van der Waals surface area contributed by atoms with Gasteiger partial charge in [0.2, 0.25) is 10.0 Å². The molecule has 20 heavy (non-hydrogen) atoms. The first kappa shape index (κ1) is 15.3. The van der Waals surface area contributed by atoms with Crippen molar-refractivity contribution in [3.05, 3.63) is 24.3 Å². The standard InChI is InChI=1S/C15H24N2O2S/c1-16-20(18,19)15-9-5-8-14(12-15)17-11-10-13-6-3-2-4-7-13/h5,8-9,12-13,16-17H,2-4,6-7,10-11H2,1H3. The van der Waals surface area contributed by atoms with E-state index in [0.717, 1.165) is 18.2 Å². The highest BCUT2D eigenvalue weighted by atomic mass is 32.2. The van der Waals surface area contributed by atoms with Gasteiger partial charge in [-0.3, -0.25) is 0 Å². The molecule has 0 bridgehead atoms. The van der Waals surface area contributed by atoms with E-state index in [4.69, 9.17) is 0 Å². The van der Waals surface area contributed by atoms with Crippen LogP contribution in [-0.2, 0) is 10.0 Å². The van der Waals surface area contributed by atoms with Crippen LogP contribution in [0.4, 0.5) is 5.69 Å². The van der Waals surface area contributed by atoms with Crippen molar-refractivity contribution in [1.82, 2.24) is 4.72 Å². The molecule has 0 spiro atoms. The van der Waals surface area contributed by atoms with E-state index in [1.165, 1.54) is 45.6 Å². The molecule has 0 saturated heterocycles. The number of nitrogens with one attached hydrogen (secondary N) is 2. The fraction of sp³-hybridized carbons (Fsp3) is 0.600. The first-order valence-corrected chi connectivity index (χ1v) is 8.87. The van der Waals surface area contributed by atoms with Crippen molar-refractivity contribution in [2.75, 3.05) is 18.9 Å². The second-order valence-electron chi connectivity index (χ2n) is 5.45. The van der Waals surface area contributed by atoms with Crippen LogP contribution in [0.25, 0.3) is 0 Å². The Morgan fingerprint density at radius 2 is 1.95 bits per heavy atom. The zero-order valence-corrected chi connectivity index (χ0v) is 12.9. The second kappa shape index (κ2) is 7.09. The van der Waals surface area contributed by atoms with Crippen LogP contribution < -0.4 is 10.0 Å². The molecule has 1 aromatic carbocycles. The predicted octanol–water partition coefficient (Wildman–Crippen LogP) is 2.98. The Morgan fingerprint density at radius 3 is 2.65 bits per heavy atom. The molecule has 0 heterocycles. The summed E-state index contributed by atoms with van der Waals surface area (Å²) >= 11 is 0. The van der Waals surface area contributed by atoms with Crippen LogP contribution in [-0.4, -0.2) is 22.0 Å². The van der Waals surface area contributed by atoms with Crippen molar-refractivity contribution in [2.24, 2.45) is 5.92 Å². The quantitative estimate of drug-likeness (QED) is 0.848. The highest BCUT2D eigenvalue weighted by Crippen LogP contribution is 2.26. The zero-order chi connectivity index (χ0) is 14.4. The maximum absolute atomic E-state index is 11.7. The Hall–Kier alpha value is -1.07. The molecule has 0 aliphatic heterocycles. The molecule has 0 aromatic heterocycles. The average molecular weight is 296 g/mol. The van der Waals surface area contributed by atoms with Crippen molar-refractivity contribution in [3.63, 3.8) is 0 Å². The van der Waals surface area contributed by atoms with E-state index in [2.05, 4.69) is 10.0 Å². The monoisotopic (exact) mass is 296 g/mol. The molecule has 0 unspecified atom stereocenters. The average Bonchev–Trinajstić information content (AvgIpc) is 2.49. The number of hydrogen-bond donors (Lipinski definition) is 2. The van der Waals surface area contributed by atoms with Crippen LogP contribution in [0, 0.1) is 5.92 Å². The number of benzene rings is 1. The highest BCUT2D eigenvalue weighted by Gasteiger charge is 2.13. The smallest absolute Gasteiger partial charge is 0.240 e. The molecule has 4 nitrogen and oxygen atoms in total. The third-order valence-electron chi connectivity index (χ3n) is 4.02. The Bertz CT molecular complexity index is 522. The molecular weight excluding hydrogens is 272 g/mol. The van der Waals surface area contributed by atoms with E-state index in [1.54, 1.807) is 18.2 Å². The SMILES string of the molecule is CNS(=O)(=O)c1cccc(NCCC2CCCCC2)c1. The molecule has 1 aliphatic rings. The molecule has 0 atom stereocenters. The summed E-state index contributed by atoms with van der Waals surface area (Å²) < 4.78 is 25.8. The molecule has 1 fully saturated rings. The summed E-state index contributed by atoms with van der Waals surface area (Å²) in [7, 11) is -1.93. The van der Waals surface area contributed by atoms with E-state index in [9.17, 15) is 8.42 Å². The molecule has 1 aliphatic carbocycles. The van der Waals surface area contributed by atoms with Gasteiger partial charge in [0.25, 0.3) is 0 Å². The van der Waals surface area contributed by atoms with Crippen LogP contribution in [0.15, 0.2) is 29.2 Å². The molecule has 0 radical (unpaired) electrons. The Labute approximate surface area is 122 Å². The zero-order valence-electron chi connectivity index (χ0n) is 12.1. The van der Waals surface area contributed by atoms with Crippen LogP contribution in [0.2, 0.25) is 0 Å². The van der Waals surface area contributed by atoms with E-state index in [-0.39, 0.29) is 0 Å². The number of hydrogen-bond acceptors (Lipinski definition) is 3. The van der Waals surface area contributed by atoms with E-state index >= 15 is 0 Å². The summed E-state index contributed by atoms with van der Waals surface area (Å²) in [6.45, 7) is 0.910. The molecule has 1 aromatic rings. The minimum absolute atomic E-state index is 0.308. The summed E-state index contributed by atoms with van der Waals surface area (Å²) in [6, 6.07) is 6.98. The molecular formula is C15H24N2O2S. The van der Waals surface area contributed by atoms with Crippen molar-refractivity contribution in [1.29, 1.82) is 0 Å². The maximum Gasteiger partial charge on any atom is 0.240 e. The lowest BCUT2D eigenvalue weighted by Crippen LogP contribution is -2.18. The molecule has 2 N–H and O–H groups in total. The van der Waals surface area contributed by atoms with Crippen molar-refractivity contribution < 1.29 is 8.42 Å². The largest absolute Gasteiger partial charge is 0.385 e. The first-order chi connectivity index (χ1) is 9.62. The Balaban J connectivity index is 1.88. The van der Waals surface area contributed by atoms with Gasteiger partial charge in [-0.1, -0.05) is 38.2 Å². The second-order valence-corrected chi connectivity index (χ2v) is 7.34. The maximum atomic E-state index is 11.7. The third kappa shape index (κ3) is 4.21. The van der Waals surface area contributed by atoms with Crippen LogP contribution in [0.5, 0.6) is 0 Å². The van der Waals surface area contributed by atoms with Crippen LogP contribution >= 0.6 is 0 Å². The first-order valence-electron chi connectivity index (χ1n) is 7.39. The molecule has 0 amide bonds. The van der Waals surface area contributed by atoms with Gasteiger partial charge in [-0.15, -0.1) is 0 Å². The van der Waals surface area contributed by atoms with E-state index in [0.29, 0.717) is 4.90 Å². The summed E-state index contributed by atoms with van der Waals surface area (Å²) in [5.74, 6) is 0.834. The molecule has 1 saturated carbocycles. The van der Waals surface area contributed by atoms with Gasteiger partial charge in [-0.05, 0) is 37.6 Å². The summed E-state index contributed by atoms with van der Waals surface area (Å²) in [5.41, 5.74) is 0.872. The van der Waals surface area contributed by atoms with Crippen molar-refractivity contribution >= 4 is 15.7 Å². The van der Waals surface area contributed by atoms with Gasteiger partial charge in [-0.25, -0.2) is 13.1 Å². The normalized spacial score (nSPS) is 17.1. The molecule has 112 valence electrons. The summed E-state index contributed by atoms with van der Waals surface area (Å²) in [4.78, 5) is 0.308. The predicted molar refractivity (Wildman–Crippen MR) is 82.4 cm³/mol. The van der Waals surface area contributed by atoms with Gasteiger partial charge in [0, 0.05) is 12.2 Å². The summed E-state index contributed by atoms with van der Waals surface area (Å²) in [6.07, 6.45) is 7.96. The minimum atomic E-state index is -3.36. The molecule has 5 heteroatoms. The fourth-order valence-corrected chi connectivity index (χ4v) is 3.56. The number of rotatable bonds is 6. The lowest BCUT2D eigenvalue weighted by Gasteiger charge is -2.21. The van der Waals surface area contributed by atoms with Crippen molar-refractivity contribution in [3.8, 4) is 0 Å². The van der Waals surface area contributed by atoms with E-state index < -0.39 is 10.0 Å². The number of sulfonamides is 1. The highest BCUT2D eigenvalue weighted by molar-refractivity contribution is 7.89. The fourth-order valence-electron chi connectivity index (χ4n) is 2.79. The molecule has 2 rings (SSSR count). The van der Waals surface area contributed by atoms with Gasteiger partial charge < -0.3 is 5.32 Å². The minimum Gasteiger partial charge on any atom is -0.385 e. The van der Waals surface area contributed by atoms with Crippen LogP contribution in [0.3, 0.4) is 0 Å². The Kier molecular flexibility index (Phi) is 5.43. The van der Waals surface area contributed by atoms with Gasteiger partial charge in [0.05, 0.1) is 4.90 Å². The topological polar surface area (TPSA) is 58.2 Å². The lowest BCUT2D eigenvalue weighted by molar-refractivity contribution is 0.345. The number of anilines is 1. The third-order valence-corrected chi connectivity index (χ3v) is 5.43. The van der Waals surface area contributed by atoms with Crippen LogP contribution in [0.1, 0.15) is 38.5 Å². The summed E-state index contributed by atoms with van der Waals surface area (Å²) in [5, 5.41) is 3.34. The van der Waals surface area contributed by atoms with Gasteiger partial charge >= 0.3 is 0 Å².